The fourth-order valence-electron chi connectivity index (χ4n) is 2.69. The zero-order valence-corrected chi connectivity index (χ0v) is 10.9. The van der Waals surface area contributed by atoms with Crippen LogP contribution in [0.3, 0.4) is 0 Å². The number of ether oxygens (including phenoxy) is 1. The van der Waals surface area contributed by atoms with Crippen LogP contribution < -0.4 is 9.64 Å². The van der Waals surface area contributed by atoms with E-state index < -0.39 is 0 Å². The molecular weight excluding hydrogens is 222 g/mol. The minimum Gasteiger partial charge on any atom is -0.497 e. The molecule has 2 nitrogen and oxygen atoms in total. The summed E-state index contributed by atoms with van der Waals surface area (Å²) in [4.78, 5) is 2.49. The van der Waals surface area contributed by atoms with Crippen molar-refractivity contribution in [3.8, 4) is 5.75 Å². The van der Waals surface area contributed by atoms with Gasteiger partial charge < -0.3 is 9.64 Å². The van der Waals surface area contributed by atoms with Crippen molar-refractivity contribution in [2.75, 3.05) is 25.1 Å². The molecule has 0 aliphatic carbocycles. The Morgan fingerprint density at radius 3 is 2.44 bits per heavy atom. The van der Waals surface area contributed by atoms with E-state index in [4.69, 9.17) is 4.74 Å². The molecule has 0 aromatic heterocycles. The van der Waals surface area contributed by atoms with Crippen molar-refractivity contribution in [2.45, 2.75) is 19.3 Å². The van der Waals surface area contributed by atoms with Gasteiger partial charge in [-0.25, -0.2) is 0 Å². The molecule has 1 saturated heterocycles. The third-order valence-electron chi connectivity index (χ3n) is 3.75. The van der Waals surface area contributed by atoms with Crippen molar-refractivity contribution >= 4 is 16.5 Å². The standard InChI is InChI=1S/C16H19NO/c1-18-16-8-6-13-5-7-15(11-14(13)12-16)17-9-3-2-4-10-17/h5-8,11-12H,2-4,9-10H2,1H3. The summed E-state index contributed by atoms with van der Waals surface area (Å²) in [6.07, 6.45) is 4.00. The number of hydrogen-bond donors (Lipinski definition) is 0. The Balaban J connectivity index is 1.97. The minimum absolute atomic E-state index is 0.929. The monoisotopic (exact) mass is 241 g/mol. The van der Waals surface area contributed by atoms with Crippen molar-refractivity contribution in [3.05, 3.63) is 36.4 Å². The quantitative estimate of drug-likeness (QED) is 0.792. The third kappa shape index (κ3) is 2.15. The van der Waals surface area contributed by atoms with Crippen LogP contribution >= 0.6 is 0 Å². The summed E-state index contributed by atoms with van der Waals surface area (Å²) in [5.74, 6) is 0.929. The molecule has 1 aliphatic heterocycles. The van der Waals surface area contributed by atoms with Crippen LogP contribution in [0.1, 0.15) is 19.3 Å². The molecular formula is C16H19NO. The largest absolute Gasteiger partial charge is 0.497 e. The number of methoxy groups -OCH3 is 1. The van der Waals surface area contributed by atoms with Gasteiger partial charge in [0.05, 0.1) is 7.11 Å². The van der Waals surface area contributed by atoms with Crippen LogP contribution in [-0.4, -0.2) is 20.2 Å². The summed E-state index contributed by atoms with van der Waals surface area (Å²) in [6.45, 7) is 2.38. The Morgan fingerprint density at radius 1 is 0.889 bits per heavy atom. The molecule has 94 valence electrons. The molecule has 2 aromatic carbocycles. The number of hydrogen-bond acceptors (Lipinski definition) is 2. The van der Waals surface area contributed by atoms with Crippen LogP contribution in [-0.2, 0) is 0 Å². The molecule has 2 heteroatoms. The summed E-state index contributed by atoms with van der Waals surface area (Å²) >= 11 is 0. The van der Waals surface area contributed by atoms with Gasteiger partial charge in [0.2, 0.25) is 0 Å². The molecule has 1 fully saturated rings. The first-order chi connectivity index (χ1) is 8.86. The van der Waals surface area contributed by atoms with Crippen molar-refractivity contribution in [1.29, 1.82) is 0 Å². The Labute approximate surface area is 108 Å². The molecule has 18 heavy (non-hydrogen) atoms. The Morgan fingerprint density at radius 2 is 1.67 bits per heavy atom. The lowest BCUT2D eigenvalue weighted by Crippen LogP contribution is -2.29. The minimum atomic E-state index is 0.929. The zero-order valence-electron chi connectivity index (χ0n) is 10.9. The van der Waals surface area contributed by atoms with E-state index in [-0.39, 0.29) is 0 Å². The van der Waals surface area contributed by atoms with Gasteiger partial charge in [-0.05, 0) is 54.3 Å². The molecule has 0 atom stereocenters. The van der Waals surface area contributed by atoms with Gasteiger partial charge in [0, 0.05) is 18.8 Å². The van der Waals surface area contributed by atoms with Crippen LogP contribution in [0.15, 0.2) is 36.4 Å². The lowest BCUT2D eigenvalue weighted by molar-refractivity contribution is 0.415. The summed E-state index contributed by atoms with van der Waals surface area (Å²) < 4.78 is 5.29. The second-order valence-electron chi connectivity index (χ2n) is 4.95. The lowest BCUT2D eigenvalue weighted by atomic mass is 10.1. The van der Waals surface area contributed by atoms with Gasteiger partial charge >= 0.3 is 0 Å². The SMILES string of the molecule is COc1ccc2ccc(N3CCCCC3)cc2c1. The number of piperidine rings is 1. The molecule has 0 radical (unpaired) electrons. The fourth-order valence-corrected chi connectivity index (χ4v) is 2.69. The van der Waals surface area contributed by atoms with Crippen LogP contribution in [0, 0.1) is 0 Å². The molecule has 0 saturated carbocycles. The highest BCUT2D eigenvalue weighted by atomic mass is 16.5. The van der Waals surface area contributed by atoms with Crippen molar-refractivity contribution < 1.29 is 4.74 Å². The van der Waals surface area contributed by atoms with E-state index in [0.29, 0.717) is 0 Å². The highest BCUT2D eigenvalue weighted by Gasteiger charge is 2.11. The highest BCUT2D eigenvalue weighted by Crippen LogP contribution is 2.27. The highest BCUT2D eigenvalue weighted by molar-refractivity contribution is 5.87. The van der Waals surface area contributed by atoms with Crippen molar-refractivity contribution in [3.63, 3.8) is 0 Å². The molecule has 0 bridgehead atoms. The number of anilines is 1. The number of fused-ring (bicyclic) bond motifs is 1. The van der Waals surface area contributed by atoms with E-state index in [1.807, 2.05) is 6.07 Å². The van der Waals surface area contributed by atoms with Crippen LogP contribution in [0.4, 0.5) is 5.69 Å². The van der Waals surface area contributed by atoms with Gasteiger partial charge in [-0.3, -0.25) is 0 Å². The van der Waals surface area contributed by atoms with Gasteiger partial charge in [0.1, 0.15) is 5.75 Å². The van der Waals surface area contributed by atoms with Crippen molar-refractivity contribution in [1.82, 2.24) is 0 Å². The van der Waals surface area contributed by atoms with Crippen LogP contribution in [0.2, 0.25) is 0 Å². The molecule has 1 heterocycles. The van der Waals surface area contributed by atoms with Gasteiger partial charge in [-0.1, -0.05) is 12.1 Å². The summed E-state index contributed by atoms with van der Waals surface area (Å²) in [7, 11) is 1.72. The molecule has 0 N–H and O–H groups in total. The van der Waals surface area contributed by atoms with E-state index in [1.165, 1.54) is 48.8 Å². The fraction of sp³-hybridized carbons (Fsp3) is 0.375. The molecule has 3 rings (SSSR count). The predicted octanol–water partition coefficient (Wildman–Crippen LogP) is 3.84. The van der Waals surface area contributed by atoms with E-state index in [2.05, 4.69) is 35.2 Å². The molecule has 0 spiro atoms. The van der Waals surface area contributed by atoms with Gasteiger partial charge in [-0.15, -0.1) is 0 Å². The number of rotatable bonds is 2. The normalized spacial score (nSPS) is 15.9. The number of nitrogens with zero attached hydrogens (tertiary/aromatic N) is 1. The summed E-state index contributed by atoms with van der Waals surface area (Å²) in [5.41, 5.74) is 1.34. The predicted molar refractivity (Wildman–Crippen MR) is 76.6 cm³/mol. The first-order valence-electron chi connectivity index (χ1n) is 6.69. The average molecular weight is 241 g/mol. The van der Waals surface area contributed by atoms with E-state index in [0.717, 1.165) is 5.75 Å². The van der Waals surface area contributed by atoms with Gasteiger partial charge in [-0.2, -0.15) is 0 Å². The number of benzene rings is 2. The zero-order chi connectivity index (χ0) is 12.4. The van der Waals surface area contributed by atoms with Gasteiger partial charge in [0.25, 0.3) is 0 Å². The van der Waals surface area contributed by atoms with Crippen LogP contribution in [0.5, 0.6) is 5.75 Å². The summed E-state index contributed by atoms with van der Waals surface area (Å²) in [5, 5.41) is 2.54. The third-order valence-corrected chi connectivity index (χ3v) is 3.75. The maximum atomic E-state index is 5.29. The second kappa shape index (κ2) is 4.89. The lowest BCUT2D eigenvalue weighted by Gasteiger charge is -2.29. The van der Waals surface area contributed by atoms with Crippen LogP contribution in [0.25, 0.3) is 10.8 Å². The van der Waals surface area contributed by atoms with E-state index in [9.17, 15) is 0 Å². The average Bonchev–Trinajstić information content (AvgIpc) is 2.47. The first kappa shape index (κ1) is 11.4. The maximum Gasteiger partial charge on any atom is 0.119 e. The van der Waals surface area contributed by atoms with Crippen molar-refractivity contribution in [2.24, 2.45) is 0 Å². The van der Waals surface area contributed by atoms with E-state index >= 15 is 0 Å². The molecule has 0 amide bonds. The maximum absolute atomic E-state index is 5.29. The topological polar surface area (TPSA) is 12.5 Å². The Kier molecular flexibility index (Phi) is 3.09. The van der Waals surface area contributed by atoms with Gasteiger partial charge in [0.15, 0.2) is 0 Å². The Bertz CT molecular complexity index is 544. The smallest absolute Gasteiger partial charge is 0.119 e. The summed E-state index contributed by atoms with van der Waals surface area (Å²) in [6, 6.07) is 13.0. The molecule has 0 unspecified atom stereocenters. The van der Waals surface area contributed by atoms with E-state index in [1.54, 1.807) is 7.11 Å². The first-order valence-corrected chi connectivity index (χ1v) is 6.69. The second-order valence-corrected chi connectivity index (χ2v) is 4.95. The molecule has 1 aliphatic rings. The Hall–Kier alpha value is -1.70. The molecule has 2 aromatic rings.